The van der Waals surface area contributed by atoms with Gasteiger partial charge in [-0.3, -0.25) is 0 Å². The van der Waals surface area contributed by atoms with Crippen LogP contribution in [0.5, 0.6) is 0 Å². The van der Waals surface area contributed by atoms with Gasteiger partial charge >= 0.3 is 10.4 Å². The van der Waals surface area contributed by atoms with Crippen molar-refractivity contribution in [2.24, 2.45) is 0 Å². The molecule has 0 bridgehead atoms. The molecule has 0 aromatic carbocycles. The van der Waals surface area contributed by atoms with Crippen LogP contribution >= 0.6 is 0 Å². The highest BCUT2D eigenvalue weighted by Crippen LogP contribution is 2.12. The lowest BCUT2D eigenvalue weighted by atomic mass is 10.3. The monoisotopic (exact) mass is 448 g/mol. The summed E-state index contributed by atoms with van der Waals surface area (Å²) in [5, 5.41) is 15.3. The molecular formula is C16H16N8O6S+2. The van der Waals surface area contributed by atoms with Gasteiger partial charge in [-0.05, 0) is 10.2 Å². The van der Waals surface area contributed by atoms with Crippen molar-refractivity contribution < 1.29 is 35.2 Å². The van der Waals surface area contributed by atoms with Crippen LogP contribution in [0.1, 0.15) is 0 Å². The Hall–Kier alpha value is -3.69. The fraction of sp³-hybridized carbons (Fsp3) is 0.250. The maximum Gasteiger partial charge on any atom is 0.400 e. The Bertz CT molecular complexity index is 1090. The SMILES string of the molecule is O=S(=O)(OCC[n+]1ccc(-c2ncno2)cn1)OCC[n+]1ccc(-c2ncno2)cn1. The van der Waals surface area contributed by atoms with Crippen LogP contribution < -0.4 is 9.36 Å². The van der Waals surface area contributed by atoms with Crippen molar-refractivity contribution in [3.8, 4) is 22.9 Å². The summed E-state index contributed by atoms with van der Waals surface area (Å²) in [6.45, 7) is 0.0919. The molecule has 0 aliphatic heterocycles. The van der Waals surface area contributed by atoms with Crippen molar-refractivity contribution in [1.82, 2.24) is 30.5 Å². The molecule has 4 rings (SSSR count). The molecular weight excluding hydrogens is 432 g/mol. The Morgan fingerprint density at radius 3 is 1.65 bits per heavy atom. The van der Waals surface area contributed by atoms with Crippen LogP contribution in [0.4, 0.5) is 0 Å². The molecule has 160 valence electrons. The Balaban J connectivity index is 1.20. The van der Waals surface area contributed by atoms with E-state index in [1.807, 2.05) is 0 Å². The van der Waals surface area contributed by atoms with Gasteiger partial charge in [-0.15, -0.1) is 0 Å². The summed E-state index contributed by atoms with van der Waals surface area (Å²) >= 11 is 0. The van der Waals surface area contributed by atoms with Crippen molar-refractivity contribution in [2.45, 2.75) is 13.1 Å². The van der Waals surface area contributed by atoms with E-state index in [9.17, 15) is 8.42 Å². The molecule has 31 heavy (non-hydrogen) atoms. The average Bonchev–Trinajstić information content (AvgIpc) is 3.49. The summed E-state index contributed by atoms with van der Waals surface area (Å²) < 4.78 is 46.3. The lowest BCUT2D eigenvalue weighted by molar-refractivity contribution is -0.754. The lowest BCUT2D eigenvalue weighted by Crippen LogP contribution is -2.40. The van der Waals surface area contributed by atoms with E-state index in [1.165, 1.54) is 34.4 Å². The van der Waals surface area contributed by atoms with E-state index < -0.39 is 10.4 Å². The molecule has 0 N–H and O–H groups in total. The van der Waals surface area contributed by atoms with Crippen LogP contribution in [0.25, 0.3) is 22.9 Å². The zero-order valence-corrected chi connectivity index (χ0v) is 16.7. The Morgan fingerprint density at radius 1 is 0.806 bits per heavy atom. The molecule has 15 heteroatoms. The Morgan fingerprint density at radius 2 is 1.29 bits per heavy atom. The third-order valence-corrected chi connectivity index (χ3v) is 4.77. The lowest BCUT2D eigenvalue weighted by Gasteiger charge is -2.03. The highest BCUT2D eigenvalue weighted by atomic mass is 32.3. The minimum Gasteiger partial charge on any atom is -0.334 e. The molecule has 0 amide bonds. The van der Waals surface area contributed by atoms with Gasteiger partial charge in [-0.25, -0.2) is 8.37 Å². The molecule has 0 saturated carbocycles. The summed E-state index contributed by atoms with van der Waals surface area (Å²) in [5.41, 5.74) is 1.28. The molecule has 4 aromatic rings. The van der Waals surface area contributed by atoms with E-state index in [4.69, 9.17) is 17.4 Å². The largest absolute Gasteiger partial charge is 0.400 e. The van der Waals surface area contributed by atoms with Gasteiger partial charge < -0.3 is 9.05 Å². The zero-order chi connectivity index (χ0) is 21.5. The van der Waals surface area contributed by atoms with Crippen molar-refractivity contribution in [3.05, 3.63) is 49.6 Å². The minimum absolute atomic E-state index is 0.149. The first-order chi connectivity index (χ1) is 15.1. The van der Waals surface area contributed by atoms with Crippen molar-refractivity contribution in [1.29, 1.82) is 0 Å². The second-order valence-corrected chi connectivity index (χ2v) is 7.19. The summed E-state index contributed by atoms with van der Waals surface area (Å²) in [7, 11) is -4.16. The van der Waals surface area contributed by atoms with Crippen LogP contribution in [0.2, 0.25) is 0 Å². The Labute approximate surface area is 175 Å². The van der Waals surface area contributed by atoms with E-state index in [1.54, 1.807) is 24.5 Å². The van der Waals surface area contributed by atoms with Gasteiger partial charge in [0.2, 0.25) is 0 Å². The summed E-state index contributed by atoms with van der Waals surface area (Å²) in [6, 6.07) is 3.42. The van der Waals surface area contributed by atoms with E-state index >= 15 is 0 Å². The maximum atomic E-state index is 11.9. The summed E-state index contributed by atoms with van der Waals surface area (Å²) in [4.78, 5) is 7.83. The third kappa shape index (κ3) is 5.68. The van der Waals surface area contributed by atoms with E-state index in [2.05, 4.69) is 30.5 Å². The standard InChI is InChI=1S/C16H16N8O6S/c25-31(26,27-7-5-23-3-1-13(9-19-23)15-17-11-21-29-15)28-8-6-24-4-2-14(10-20-24)16-18-12-22-30-16/h1-4,9-12H,5-8H2/q+2. The predicted molar refractivity (Wildman–Crippen MR) is 96.3 cm³/mol. The van der Waals surface area contributed by atoms with E-state index in [-0.39, 0.29) is 26.3 Å². The first-order valence-corrected chi connectivity index (χ1v) is 10.2. The zero-order valence-electron chi connectivity index (χ0n) is 15.9. The normalized spacial score (nSPS) is 11.6. The number of hydrogen-bond donors (Lipinski definition) is 0. The van der Waals surface area contributed by atoms with Crippen molar-refractivity contribution >= 4 is 10.4 Å². The average molecular weight is 448 g/mol. The first-order valence-electron chi connectivity index (χ1n) is 8.88. The smallest absolute Gasteiger partial charge is 0.334 e. The first kappa shape index (κ1) is 20.6. The predicted octanol–water partition coefficient (Wildman–Crippen LogP) is -0.870. The molecule has 0 radical (unpaired) electrons. The topological polar surface area (TPSA) is 164 Å². The molecule has 0 aliphatic carbocycles. The Kier molecular flexibility index (Phi) is 6.25. The fourth-order valence-corrected chi connectivity index (χ4v) is 3.01. The van der Waals surface area contributed by atoms with Crippen LogP contribution in [0, 0.1) is 0 Å². The molecule has 0 unspecified atom stereocenters. The number of nitrogens with zero attached hydrogens (tertiary/aromatic N) is 8. The van der Waals surface area contributed by atoms with E-state index in [0.717, 1.165) is 0 Å². The second-order valence-electron chi connectivity index (χ2n) is 5.90. The van der Waals surface area contributed by atoms with Crippen LogP contribution in [-0.2, 0) is 31.9 Å². The quantitative estimate of drug-likeness (QED) is 0.276. The van der Waals surface area contributed by atoms with E-state index in [0.29, 0.717) is 22.9 Å². The van der Waals surface area contributed by atoms with Gasteiger partial charge in [0.1, 0.15) is 25.6 Å². The molecule has 0 saturated heterocycles. The van der Waals surface area contributed by atoms with Crippen LogP contribution in [0.3, 0.4) is 0 Å². The van der Waals surface area contributed by atoms with Crippen molar-refractivity contribution in [2.75, 3.05) is 13.2 Å². The number of aromatic nitrogens is 8. The molecule has 0 fully saturated rings. The number of hydrogen-bond acceptors (Lipinski definition) is 12. The van der Waals surface area contributed by atoms with Gasteiger partial charge in [0.25, 0.3) is 11.8 Å². The highest BCUT2D eigenvalue weighted by Gasteiger charge is 2.16. The molecule has 0 atom stereocenters. The molecule has 4 aromatic heterocycles. The third-order valence-electron chi connectivity index (χ3n) is 3.86. The van der Waals surface area contributed by atoms with Gasteiger partial charge in [0, 0.05) is 12.1 Å². The highest BCUT2D eigenvalue weighted by molar-refractivity contribution is 7.81. The summed E-state index contributed by atoms with van der Waals surface area (Å²) in [5.74, 6) is 0.673. The van der Waals surface area contributed by atoms with Gasteiger partial charge in [-0.1, -0.05) is 19.7 Å². The maximum absolute atomic E-state index is 11.9. The minimum atomic E-state index is -4.16. The van der Waals surface area contributed by atoms with Crippen LogP contribution in [-0.4, -0.2) is 52.1 Å². The van der Waals surface area contributed by atoms with Crippen molar-refractivity contribution in [3.63, 3.8) is 0 Å². The molecule has 4 heterocycles. The summed E-state index contributed by atoms with van der Waals surface area (Å²) in [6.07, 6.45) is 8.88. The van der Waals surface area contributed by atoms with Crippen LogP contribution in [0.15, 0.2) is 58.6 Å². The molecule has 0 aliphatic rings. The second kappa shape index (κ2) is 9.41. The number of rotatable bonds is 10. The van der Waals surface area contributed by atoms with Gasteiger partial charge in [-0.2, -0.15) is 18.4 Å². The molecule has 14 nitrogen and oxygen atoms in total. The van der Waals surface area contributed by atoms with Gasteiger partial charge in [0.15, 0.2) is 38.1 Å². The molecule has 0 spiro atoms. The van der Waals surface area contributed by atoms with Gasteiger partial charge in [0.05, 0.1) is 11.1 Å². The fourth-order valence-electron chi connectivity index (χ4n) is 2.39.